The third-order valence-corrected chi connectivity index (χ3v) is 4.11. The molecule has 1 heterocycles. The maximum Gasteiger partial charge on any atom is 0.410 e. The topological polar surface area (TPSA) is 87.2 Å². The van der Waals surface area contributed by atoms with Crippen LogP contribution in [-0.4, -0.2) is 64.2 Å². The molecule has 2 rings (SSSR count). The van der Waals surface area contributed by atoms with Gasteiger partial charge in [-0.15, -0.1) is 0 Å². The lowest BCUT2D eigenvalue weighted by atomic mass is 10.0. The van der Waals surface area contributed by atoms with Gasteiger partial charge in [-0.05, 0) is 58.4 Å². The summed E-state index contributed by atoms with van der Waals surface area (Å²) < 4.78 is 5.40. The van der Waals surface area contributed by atoms with Crippen molar-refractivity contribution in [2.45, 2.75) is 46.3 Å². The van der Waals surface area contributed by atoms with Crippen molar-refractivity contribution in [3.63, 3.8) is 0 Å². The van der Waals surface area contributed by atoms with Gasteiger partial charge in [0.25, 0.3) is 5.91 Å². The molecule has 1 N–H and O–H groups in total. The van der Waals surface area contributed by atoms with Crippen LogP contribution >= 0.6 is 0 Å². The number of ether oxygens (including phenoxy) is 1. The quantitative estimate of drug-likeness (QED) is 0.874. The van der Waals surface area contributed by atoms with Crippen LogP contribution in [0.1, 0.15) is 54.0 Å². The van der Waals surface area contributed by atoms with Crippen molar-refractivity contribution in [3.8, 4) is 0 Å². The molecular weight excluding hydrogens is 336 g/mol. The van der Waals surface area contributed by atoms with Crippen molar-refractivity contribution in [1.29, 1.82) is 0 Å². The molecule has 0 spiro atoms. The molecule has 142 valence electrons. The lowest BCUT2D eigenvalue weighted by Gasteiger charge is -2.40. The first-order valence-corrected chi connectivity index (χ1v) is 8.62. The van der Waals surface area contributed by atoms with Gasteiger partial charge in [0.05, 0.1) is 5.56 Å². The minimum absolute atomic E-state index is 0.0915. The summed E-state index contributed by atoms with van der Waals surface area (Å²) in [6.45, 7) is 10.2. The van der Waals surface area contributed by atoms with E-state index in [1.807, 2.05) is 27.7 Å². The first-order valence-electron chi connectivity index (χ1n) is 8.62. The molecule has 1 atom stereocenters. The monoisotopic (exact) mass is 362 g/mol. The molecule has 7 nitrogen and oxygen atoms in total. The maximum atomic E-state index is 12.8. The van der Waals surface area contributed by atoms with Gasteiger partial charge >= 0.3 is 12.1 Å². The number of carbonyl (C=O) groups excluding carboxylic acids is 2. The van der Waals surface area contributed by atoms with Crippen LogP contribution in [0.4, 0.5) is 4.79 Å². The number of carbonyl (C=O) groups is 3. The van der Waals surface area contributed by atoms with Crippen LogP contribution in [0.15, 0.2) is 18.2 Å². The van der Waals surface area contributed by atoms with Gasteiger partial charge in [0.2, 0.25) is 0 Å². The molecule has 0 radical (unpaired) electrons. The standard InChI is InChI=1S/C19H26N2O5/c1-12-8-14(10-15(9-12)17(23)24)16(22)20-6-7-21(13(2)11-20)18(25)26-19(3,4)5/h8-10,13H,6-7,11H2,1-5H3,(H,23,24). The number of benzene rings is 1. The van der Waals surface area contributed by atoms with Crippen LogP contribution in [0.5, 0.6) is 0 Å². The Bertz CT molecular complexity index is 723. The molecule has 1 fully saturated rings. The SMILES string of the molecule is Cc1cc(C(=O)O)cc(C(=O)N2CCN(C(=O)OC(C)(C)C)C(C)C2)c1. The molecule has 0 bridgehead atoms. The summed E-state index contributed by atoms with van der Waals surface area (Å²) in [7, 11) is 0. The molecule has 1 unspecified atom stereocenters. The molecule has 2 amide bonds. The first-order chi connectivity index (χ1) is 12.0. The predicted molar refractivity (Wildman–Crippen MR) is 96.4 cm³/mol. The first kappa shape index (κ1) is 19.8. The molecule has 1 aromatic rings. The summed E-state index contributed by atoms with van der Waals surface area (Å²) in [6, 6.07) is 4.41. The Morgan fingerprint density at radius 2 is 1.73 bits per heavy atom. The zero-order valence-electron chi connectivity index (χ0n) is 15.9. The molecular formula is C19H26N2O5. The van der Waals surface area contributed by atoms with Crippen LogP contribution in [0.2, 0.25) is 0 Å². The molecule has 7 heteroatoms. The van der Waals surface area contributed by atoms with Crippen molar-refractivity contribution >= 4 is 18.0 Å². The van der Waals surface area contributed by atoms with Gasteiger partial charge in [0, 0.05) is 31.2 Å². The van der Waals surface area contributed by atoms with Crippen LogP contribution in [0, 0.1) is 6.92 Å². The average molecular weight is 362 g/mol. The van der Waals surface area contributed by atoms with Gasteiger partial charge < -0.3 is 19.6 Å². The highest BCUT2D eigenvalue weighted by Gasteiger charge is 2.33. The fraction of sp³-hybridized carbons (Fsp3) is 0.526. The van der Waals surface area contributed by atoms with Gasteiger partial charge in [-0.1, -0.05) is 0 Å². The summed E-state index contributed by atoms with van der Waals surface area (Å²) >= 11 is 0. The number of hydrogen-bond donors (Lipinski definition) is 1. The second kappa shape index (κ2) is 7.35. The van der Waals surface area contributed by atoms with Gasteiger partial charge in [-0.3, -0.25) is 4.79 Å². The summed E-state index contributed by atoms with van der Waals surface area (Å²) in [4.78, 5) is 39.5. The molecule has 26 heavy (non-hydrogen) atoms. The van der Waals surface area contributed by atoms with Crippen molar-refractivity contribution in [2.24, 2.45) is 0 Å². The number of hydrogen-bond acceptors (Lipinski definition) is 4. The van der Waals surface area contributed by atoms with E-state index in [9.17, 15) is 19.5 Å². The fourth-order valence-electron chi connectivity index (χ4n) is 2.95. The Morgan fingerprint density at radius 1 is 1.12 bits per heavy atom. The highest BCUT2D eigenvalue weighted by atomic mass is 16.6. The fourth-order valence-corrected chi connectivity index (χ4v) is 2.95. The Hall–Kier alpha value is -2.57. The van der Waals surface area contributed by atoms with Crippen molar-refractivity contribution in [2.75, 3.05) is 19.6 Å². The lowest BCUT2D eigenvalue weighted by Crippen LogP contribution is -2.56. The molecule has 1 aliphatic heterocycles. The van der Waals surface area contributed by atoms with E-state index in [1.54, 1.807) is 22.8 Å². The molecule has 0 saturated carbocycles. The van der Waals surface area contributed by atoms with Crippen LogP contribution in [0.3, 0.4) is 0 Å². The summed E-state index contributed by atoms with van der Waals surface area (Å²) in [6.07, 6.45) is -0.388. The zero-order valence-corrected chi connectivity index (χ0v) is 15.9. The smallest absolute Gasteiger partial charge is 0.410 e. The summed E-state index contributed by atoms with van der Waals surface area (Å²) in [5.74, 6) is -1.29. The zero-order chi connectivity index (χ0) is 19.6. The summed E-state index contributed by atoms with van der Waals surface area (Å²) in [5, 5.41) is 9.17. The number of aryl methyl sites for hydroxylation is 1. The minimum Gasteiger partial charge on any atom is -0.478 e. The predicted octanol–water partition coefficient (Wildman–Crippen LogP) is 2.77. The van der Waals surface area contributed by atoms with Crippen LogP contribution in [-0.2, 0) is 4.74 Å². The van der Waals surface area contributed by atoms with E-state index in [0.29, 0.717) is 30.8 Å². The van der Waals surface area contributed by atoms with Crippen molar-refractivity contribution < 1.29 is 24.2 Å². The van der Waals surface area contributed by atoms with E-state index in [-0.39, 0.29) is 23.6 Å². The Morgan fingerprint density at radius 3 is 2.27 bits per heavy atom. The van der Waals surface area contributed by atoms with Gasteiger partial charge in [0.1, 0.15) is 5.60 Å². The van der Waals surface area contributed by atoms with Gasteiger partial charge in [0.15, 0.2) is 0 Å². The Balaban J connectivity index is 2.10. The number of piperazine rings is 1. The molecule has 0 aromatic heterocycles. The number of nitrogens with zero attached hydrogens (tertiary/aromatic N) is 2. The van der Waals surface area contributed by atoms with Crippen molar-refractivity contribution in [1.82, 2.24) is 9.80 Å². The Kier molecular flexibility index (Phi) is 5.59. The molecule has 1 aliphatic rings. The molecule has 1 aromatic carbocycles. The van der Waals surface area contributed by atoms with Gasteiger partial charge in [-0.25, -0.2) is 9.59 Å². The van der Waals surface area contributed by atoms with E-state index in [1.165, 1.54) is 12.1 Å². The third kappa shape index (κ3) is 4.74. The van der Waals surface area contributed by atoms with Crippen LogP contribution in [0.25, 0.3) is 0 Å². The largest absolute Gasteiger partial charge is 0.478 e. The number of rotatable bonds is 2. The highest BCUT2D eigenvalue weighted by Crippen LogP contribution is 2.18. The van der Waals surface area contributed by atoms with Gasteiger partial charge in [-0.2, -0.15) is 0 Å². The van der Waals surface area contributed by atoms with E-state index in [4.69, 9.17) is 4.74 Å². The second-order valence-corrected chi connectivity index (χ2v) is 7.67. The van der Waals surface area contributed by atoms with E-state index < -0.39 is 11.6 Å². The Labute approximate surface area is 153 Å². The second-order valence-electron chi connectivity index (χ2n) is 7.67. The minimum atomic E-state index is -1.06. The maximum absolute atomic E-state index is 12.8. The van der Waals surface area contributed by atoms with E-state index in [2.05, 4.69) is 0 Å². The lowest BCUT2D eigenvalue weighted by molar-refractivity contribution is 0.00197. The highest BCUT2D eigenvalue weighted by molar-refractivity contribution is 5.98. The third-order valence-electron chi connectivity index (χ3n) is 4.11. The normalized spacial score (nSPS) is 17.8. The summed E-state index contributed by atoms with van der Waals surface area (Å²) in [5.41, 5.74) is 0.584. The van der Waals surface area contributed by atoms with Crippen LogP contribution < -0.4 is 0 Å². The number of carboxylic acids is 1. The number of amides is 2. The average Bonchev–Trinajstić information content (AvgIpc) is 2.51. The number of carboxylic acid groups (broad SMARTS) is 1. The molecule has 1 saturated heterocycles. The van der Waals surface area contributed by atoms with E-state index >= 15 is 0 Å². The number of aromatic carboxylic acids is 1. The van der Waals surface area contributed by atoms with E-state index in [0.717, 1.165) is 0 Å². The molecule has 0 aliphatic carbocycles. The van der Waals surface area contributed by atoms with Crippen molar-refractivity contribution in [3.05, 3.63) is 34.9 Å².